The molecule has 0 saturated carbocycles. The molecule has 0 aliphatic carbocycles. The van der Waals surface area contributed by atoms with Crippen LogP contribution in [0.1, 0.15) is 12.0 Å². The minimum Gasteiger partial charge on any atom is -0.391 e. The van der Waals surface area contributed by atoms with Gasteiger partial charge in [0.2, 0.25) is 0 Å². The van der Waals surface area contributed by atoms with Gasteiger partial charge in [0, 0.05) is 13.7 Å². The summed E-state index contributed by atoms with van der Waals surface area (Å²) in [6.07, 6.45) is 0.310. The number of rotatable bonds is 8. The fraction of sp³-hybridized carbons (Fsp3) is 0.333. The minimum absolute atomic E-state index is 0.391. The van der Waals surface area contributed by atoms with Gasteiger partial charge in [-0.3, -0.25) is 0 Å². The van der Waals surface area contributed by atoms with Gasteiger partial charge in [-0.15, -0.1) is 0 Å². The van der Waals surface area contributed by atoms with Gasteiger partial charge in [-0.1, -0.05) is 48.5 Å². The van der Waals surface area contributed by atoms with E-state index in [1.807, 2.05) is 6.07 Å². The van der Waals surface area contributed by atoms with E-state index in [0.29, 0.717) is 13.0 Å². The molecule has 3 heteroatoms. The van der Waals surface area contributed by atoms with Crippen molar-refractivity contribution in [3.05, 3.63) is 60.2 Å². The van der Waals surface area contributed by atoms with Crippen LogP contribution in [0.5, 0.6) is 0 Å². The van der Waals surface area contributed by atoms with Gasteiger partial charge in [0.15, 0.2) is 0 Å². The Hall–Kier alpha value is -1.68. The van der Waals surface area contributed by atoms with Crippen molar-refractivity contribution in [2.24, 2.45) is 0 Å². The molecule has 0 bridgehead atoms. The number of hydrogen-bond donors (Lipinski definition) is 2. The average molecular weight is 285 g/mol. The third kappa shape index (κ3) is 5.31. The van der Waals surface area contributed by atoms with E-state index >= 15 is 0 Å². The largest absolute Gasteiger partial charge is 0.391 e. The Kier molecular flexibility index (Phi) is 6.41. The molecular weight excluding hydrogens is 262 g/mol. The van der Waals surface area contributed by atoms with Gasteiger partial charge in [0.1, 0.15) is 0 Å². The molecule has 0 aliphatic rings. The van der Waals surface area contributed by atoms with Crippen LogP contribution in [-0.4, -0.2) is 31.5 Å². The van der Waals surface area contributed by atoms with Crippen LogP contribution in [0.25, 0.3) is 11.1 Å². The lowest BCUT2D eigenvalue weighted by atomic mass is 10.0. The van der Waals surface area contributed by atoms with Crippen LogP contribution in [0.2, 0.25) is 0 Å². The van der Waals surface area contributed by atoms with Crippen LogP contribution < -0.4 is 5.32 Å². The van der Waals surface area contributed by atoms with Gasteiger partial charge in [-0.05, 0) is 35.7 Å². The molecule has 0 spiro atoms. The average Bonchev–Trinajstić information content (AvgIpc) is 2.53. The Morgan fingerprint density at radius 2 is 1.81 bits per heavy atom. The second-order valence-corrected chi connectivity index (χ2v) is 5.14. The van der Waals surface area contributed by atoms with Gasteiger partial charge in [-0.2, -0.15) is 0 Å². The molecule has 0 amide bonds. The van der Waals surface area contributed by atoms with E-state index < -0.39 is 6.10 Å². The highest BCUT2D eigenvalue weighted by molar-refractivity contribution is 5.63. The Labute approximate surface area is 126 Å². The summed E-state index contributed by atoms with van der Waals surface area (Å²) in [5, 5.41) is 12.9. The molecule has 1 atom stereocenters. The highest BCUT2D eigenvalue weighted by Crippen LogP contribution is 2.19. The Morgan fingerprint density at radius 1 is 1.05 bits per heavy atom. The lowest BCUT2D eigenvalue weighted by Gasteiger charge is -2.10. The number of methoxy groups -OCH3 is 1. The van der Waals surface area contributed by atoms with Gasteiger partial charge in [-0.25, -0.2) is 0 Å². The standard InChI is InChI=1S/C18H23NO2/c1-21-14-18(20)10-11-19-13-15-6-5-9-17(12-15)16-7-3-2-4-8-16/h2-9,12,18-20H,10-11,13-14H2,1H3. The van der Waals surface area contributed by atoms with E-state index in [1.54, 1.807) is 7.11 Å². The molecule has 0 fully saturated rings. The fourth-order valence-corrected chi connectivity index (χ4v) is 2.27. The van der Waals surface area contributed by atoms with Crippen LogP contribution in [0.3, 0.4) is 0 Å². The normalized spacial score (nSPS) is 12.3. The molecule has 1 unspecified atom stereocenters. The predicted octanol–water partition coefficient (Wildman–Crippen LogP) is 2.84. The van der Waals surface area contributed by atoms with Gasteiger partial charge in [0.25, 0.3) is 0 Å². The van der Waals surface area contributed by atoms with Crippen molar-refractivity contribution in [3.63, 3.8) is 0 Å². The lowest BCUT2D eigenvalue weighted by Crippen LogP contribution is -2.23. The highest BCUT2D eigenvalue weighted by Gasteiger charge is 2.03. The predicted molar refractivity (Wildman–Crippen MR) is 86.1 cm³/mol. The van der Waals surface area contributed by atoms with Crippen molar-refractivity contribution in [1.82, 2.24) is 5.32 Å². The van der Waals surface area contributed by atoms with Crippen LogP contribution in [-0.2, 0) is 11.3 Å². The lowest BCUT2D eigenvalue weighted by molar-refractivity contribution is 0.0594. The Bertz CT molecular complexity index is 528. The zero-order chi connectivity index (χ0) is 14.9. The highest BCUT2D eigenvalue weighted by atomic mass is 16.5. The zero-order valence-electron chi connectivity index (χ0n) is 12.5. The molecule has 3 nitrogen and oxygen atoms in total. The summed E-state index contributed by atoms with van der Waals surface area (Å²) in [6, 6.07) is 18.9. The van der Waals surface area contributed by atoms with Gasteiger partial charge in [0.05, 0.1) is 12.7 Å². The molecule has 0 radical (unpaired) electrons. The van der Waals surface area contributed by atoms with E-state index in [-0.39, 0.29) is 0 Å². The summed E-state index contributed by atoms with van der Waals surface area (Å²) in [5.74, 6) is 0. The molecule has 0 heterocycles. The van der Waals surface area contributed by atoms with Crippen molar-refractivity contribution in [2.75, 3.05) is 20.3 Å². The summed E-state index contributed by atoms with van der Waals surface area (Å²) >= 11 is 0. The molecule has 2 rings (SSSR count). The minimum atomic E-state index is -0.391. The summed E-state index contributed by atoms with van der Waals surface area (Å²) < 4.78 is 4.91. The second-order valence-electron chi connectivity index (χ2n) is 5.14. The van der Waals surface area contributed by atoms with E-state index in [0.717, 1.165) is 13.1 Å². The van der Waals surface area contributed by atoms with Gasteiger partial charge < -0.3 is 15.2 Å². The number of hydrogen-bond acceptors (Lipinski definition) is 3. The SMILES string of the molecule is COCC(O)CCNCc1cccc(-c2ccccc2)c1. The first kappa shape index (κ1) is 15.7. The molecular formula is C18H23NO2. The first-order chi connectivity index (χ1) is 10.3. The monoisotopic (exact) mass is 285 g/mol. The van der Waals surface area contributed by atoms with Crippen LogP contribution in [0.15, 0.2) is 54.6 Å². The molecule has 21 heavy (non-hydrogen) atoms. The number of aliphatic hydroxyl groups is 1. The maximum Gasteiger partial charge on any atom is 0.0785 e. The maximum absolute atomic E-state index is 9.57. The van der Waals surface area contributed by atoms with Crippen molar-refractivity contribution < 1.29 is 9.84 Å². The van der Waals surface area contributed by atoms with E-state index in [4.69, 9.17) is 4.74 Å². The summed E-state index contributed by atoms with van der Waals surface area (Å²) in [5.41, 5.74) is 3.71. The molecule has 0 aliphatic heterocycles. The number of aliphatic hydroxyl groups excluding tert-OH is 1. The van der Waals surface area contributed by atoms with Crippen LogP contribution in [0.4, 0.5) is 0 Å². The van der Waals surface area contributed by atoms with E-state index in [9.17, 15) is 5.11 Å². The third-order valence-corrected chi connectivity index (χ3v) is 3.38. The topological polar surface area (TPSA) is 41.5 Å². The number of benzene rings is 2. The van der Waals surface area contributed by atoms with Crippen molar-refractivity contribution in [3.8, 4) is 11.1 Å². The molecule has 2 aromatic rings. The van der Waals surface area contributed by atoms with E-state index in [2.05, 4.69) is 53.8 Å². The van der Waals surface area contributed by atoms with Crippen molar-refractivity contribution in [2.45, 2.75) is 19.1 Å². The number of ether oxygens (including phenoxy) is 1. The molecule has 0 saturated heterocycles. The fourth-order valence-electron chi connectivity index (χ4n) is 2.27. The molecule has 0 aromatic heterocycles. The maximum atomic E-state index is 9.57. The molecule has 112 valence electrons. The molecule has 2 N–H and O–H groups in total. The quantitative estimate of drug-likeness (QED) is 0.733. The smallest absolute Gasteiger partial charge is 0.0785 e. The third-order valence-electron chi connectivity index (χ3n) is 3.38. The van der Waals surface area contributed by atoms with Crippen molar-refractivity contribution >= 4 is 0 Å². The second kappa shape index (κ2) is 8.57. The van der Waals surface area contributed by atoms with Crippen LogP contribution >= 0.6 is 0 Å². The summed E-state index contributed by atoms with van der Waals surface area (Å²) in [6.45, 7) is 1.98. The van der Waals surface area contributed by atoms with Crippen molar-refractivity contribution in [1.29, 1.82) is 0 Å². The van der Waals surface area contributed by atoms with Gasteiger partial charge >= 0.3 is 0 Å². The van der Waals surface area contributed by atoms with Crippen LogP contribution in [0, 0.1) is 0 Å². The van der Waals surface area contributed by atoms with E-state index in [1.165, 1.54) is 16.7 Å². The first-order valence-corrected chi connectivity index (χ1v) is 7.31. The number of nitrogens with one attached hydrogen (secondary N) is 1. The Balaban J connectivity index is 1.85. The Morgan fingerprint density at radius 3 is 2.57 bits per heavy atom. The first-order valence-electron chi connectivity index (χ1n) is 7.31. The summed E-state index contributed by atoms with van der Waals surface area (Å²) in [4.78, 5) is 0. The summed E-state index contributed by atoms with van der Waals surface area (Å²) in [7, 11) is 1.60. The zero-order valence-corrected chi connectivity index (χ0v) is 12.5. The molecule has 2 aromatic carbocycles.